The Balaban J connectivity index is 2.26. The van der Waals surface area contributed by atoms with Gasteiger partial charge in [0.25, 0.3) is 0 Å². The maximum absolute atomic E-state index is 12.3. The number of anilines is 1. The third-order valence-electron chi connectivity index (χ3n) is 3.22. The molecule has 0 radical (unpaired) electrons. The summed E-state index contributed by atoms with van der Waals surface area (Å²) in [5.41, 5.74) is 0.675. The first kappa shape index (κ1) is 14.8. The van der Waals surface area contributed by atoms with E-state index in [9.17, 15) is 9.59 Å². The van der Waals surface area contributed by atoms with E-state index in [0.29, 0.717) is 5.69 Å². The molecule has 0 saturated carbocycles. The van der Waals surface area contributed by atoms with Crippen LogP contribution in [-0.2, 0) is 4.79 Å². The second-order valence-electron chi connectivity index (χ2n) is 5.07. The lowest BCUT2D eigenvalue weighted by Crippen LogP contribution is -2.43. The summed E-state index contributed by atoms with van der Waals surface area (Å²) in [7, 11) is 0. The van der Waals surface area contributed by atoms with Crippen molar-refractivity contribution in [3.8, 4) is 0 Å². The Kier molecular flexibility index (Phi) is 4.42. The van der Waals surface area contributed by atoms with E-state index < -0.39 is 12.0 Å². The van der Waals surface area contributed by atoms with Crippen molar-refractivity contribution in [1.29, 1.82) is 0 Å². The molecule has 2 rings (SSSR count). The molecule has 0 aliphatic rings. The first-order valence-electron chi connectivity index (χ1n) is 6.76. The minimum Gasteiger partial charge on any atom is -0.480 e. The van der Waals surface area contributed by atoms with Gasteiger partial charge in [0, 0.05) is 11.4 Å². The highest BCUT2D eigenvalue weighted by Crippen LogP contribution is 2.23. The highest BCUT2D eigenvalue weighted by atomic mass is 16.4. The molecule has 2 aromatic carbocycles. The summed E-state index contributed by atoms with van der Waals surface area (Å²) >= 11 is 0. The number of nitrogens with zero attached hydrogens (tertiary/aromatic N) is 1. The van der Waals surface area contributed by atoms with Crippen LogP contribution in [0.4, 0.5) is 10.5 Å². The number of hydrogen-bond acceptors (Lipinski definition) is 2. The number of carbonyl (C=O) groups is 2. The van der Waals surface area contributed by atoms with Crippen LogP contribution in [0.2, 0.25) is 0 Å². The van der Waals surface area contributed by atoms with Crippen molar-refractivity contribution >= 4 is 28.5 Å². The molecule has 5 heteroatoms. The molecule has 2 N–H and O–H groups in total. The molecule has 21 heavy (non-hydrogen) atoms. The summed E-state index contributed by atoms with van der Waals surface area (Å²) in [6.45, 7) is 3.24. The van der Waals surface area contributed by atoms with E-state index in [1.54, 1.807) is 19.9 Å². The Morgan fingerprint density at radius 1 is 1.14 bits per heavy atom. The van der Waals surface area contributed by atoms with Crippen LogP contribution < -0.4 is 5.32 Å². The molecule has 0 bridgehead atoms. The standard InChI is InChI=1S/C16H18N2O3/c1-11(2)18(10-15(19)20)16(21)17-14-9-5-7-12-6-3-4-8-13(12)14/h3-9,11H,10H2,1-2H3,(H,17,21)(H,19,20). The fraction of sp³-hybridized carbons (Fsp3) is 0.250. The van der Waals surface area contributed by atoms with Gasteiger partial charge in [-0.2, -0.15) is 0 Å². The van der Waals surface area contributed by atoms with Gasteiger partial charge >= 0.3 is 12.0 Å². The number of carboxylic acid groups (broad SMARTS) is 1. The second-order valence-corrected chi connectivity index (χ2v) is 5.07. The summed E-state index contributed by atoms with van der Waals surface area (Å²) < 4.78 is 0. The Labute approximate surface area is 123 Å². The molecule has 2 aromatic rings. The van der Waals surface area contributed by atoms with Crippen molar-refractivity contribution in [3.05, 3.63) is 42.5 Å². The summed E-state index contributed by atoms with van der Waals surface area (Å²) in [4.78, 5) is 24.4. The van der Waals surface area contributed by atoms with Gasteiger partial charge in [-0.25, -0.2) is 4.79 Å². The van der Waals surface area contributed by atoms with E-state index in [-0.39, 0.29) is 12.6 Å². The van der Waals surface area contributed by atoms with Gasteiger partial charge in [0.1, 0.15) is 6.54 Å². The fourth-order valence-electron chi connectivity index (χ4n) is 2.16. The van der Waals surface area contributed by atoms with Crippen molar-refractivity contribution in [2.75, 3.05) is 11.9 Å². The average molecular weight is 286 g/mol. The van der Waals surface area contributed by atoms with Crippen molar-refractivity contribution in [3.63, 3.8) is 0 Å². The Morgan fingerprint density at radius 2 is 1.81 bits per heavy atom. The van der Waals surface area contributed by atoms with Crippen LogP contribution in [0, 0.1) is 0 Å². The molecule has 0 saturated heterocycles. The molecular formula is C16H18N2O3. The van der Waals surface area contributed by atoms with Gasteiger partial charge in [-0.05, 0) is 25.3 Å². The Bertz CT molecular complexity index is 662. The molecule has 0 heterocycles. The zero-order valence-corrected chi connectivity index (χ0v) is 12.0. The van der Waals surface area contributed by atoms with Gasteiger partial charge < -0.3 is 15.3 Å². The van der Waals surface area contributed by atoms with Crippen LogP contribution in [0.15, 0.2) is 42.5 Å². The van der Waals surface area contributed by atoms with E-state index in [1.807, 2.05) is 36.4 Å². The summed E-state index contributed by atoms with van der Waals surface area (Å²) in [5.74, 6) is -1.03. The number of fused-ring (bicyclic) bond motifs is 1. The highest BCUT2D eigenvalue weighted by molar-refractivity contribution is 6.02. The van der Waals surface area contributed by atoms with Gasteiger partial charge in [0.2, 0.25) is 0 Å². The summed E-state index contributed by atoms with van der Waals surface area (Å²) in [6, 6.07) is 12.7. The van der Waals surface area contributed by atoms with Crippen LogP contribution in [0.5, 0.6) is 0 Å². The monoisotopic (exact) mass is 286 g/mol. The number of aliphatic carboxylic acids is 1. The number of benzene rings is 2. The van der Waals surface area contributed by atoms with Crippen LogP contribution in [0.3, 0.4) is 0 Å². The van der Waals surface area contributed by atoms with E-state index in [1.165, 1.54) is 4.90 Å². The Morgan fingerprint density at radius 3 is 2.48 bits per heavy atom. The molecule has 0 fully saturated rings. The lowest BCUT2D eigenvalue weighted by Gasteiger charge is -2.25. The topological polar surface area (TPSA) is 69.6 Å². The molecule has 0 atom stereocenters. The van der Waals surface area contributed by atoms with Crippen LogP contribution in [0.25, 0.3) is 10.8 Å². The van der Waals surface area contributed by atoms with E-state index >= 15 is 0 Å². The molecule has 0 unspecified atom stereocenters. The van der Waals surface area contributed by atoms with Crippen molar-refractivity contribution in [2.24, 2.45) is 0 Å². The van der Waals surface area contributed by atoms with Crippen LogP contribution >= 0.6 is 0 Å². The number of carbonyl (C=O) groups excluding carboxylic acids is 1. The van der Waals surface area contributed by atoms with Gasteiger partial charge in [-0.1, -0.05) is 36.4 Å². The zero-order valence-electron chi connectivity index (χ0n) is 12.0. The van der Waals surface area contributed by atoms with Gasteiger partial charge in [-0.15, -0.1) is 0 Å². The molecule has 0 aliphatic carbocycles. The molecule has 5 nitrogen and oxygen atoms in total. The molecule has 0 spiro atoms. The lowest BCUT2D eigenvalue weighted by molar-refractivity contribution is -0.137. The number of rotatable bonds is 4. The largest absolute Gasteiger partial charge is 0.480 e. The van der Waals surface area contributed by atoms with E-state index in [2.05, 4.69) is 5.32 Å². The number of nitrogens with one attached hydrogen (secondary N) is 1. The maximum atomic E-state index is 12.3. The van der Waals surface area contributed by atoms with Gasteiger partial charge in [-0.3, -0.25) is 4.79 Å². The zero-order chi connectivity index (χ0) is 15.4. The second kappa shape index (κ2) is 6.26. The minimum absolute atomic E-state index is 0.198. The smallest absolute Gasteiger partial charge is 0.323 e. The first-order chi connectivity index (χ1) is 9.99. The molecule has 0 aromatic heterocycles. The summed E-state index contributed by atoms with van der Waals surface area (Å²) in [6.07, 6.45) is 0. The van der Waals surface area contributed by atoms with Gasteiger partial charge in [0.05, 0.1) is 5.69 Å². The lowest BCUT2D eigenvalue weighted by atomic mass is 10.1. The predicted molar refractivity (Wildman–Crippen MR) is 82.4 cm³/mol. The molecule has 0 aliphatic heterocycles. The minimum atomic E-state index is -1.03. The first-order valence-corrected chi connectivity index (χ1v) is 6.76. The molecular weight excluding hydrogens is 268 g/mol. The number of hydrogen-bond donors (Lipinski definition) is 2. The SMILES string of the molecule is CC(C)N(CC(=O)O)C(=O)Nc1cccc2ccccc12. The third-order valence-corrected chi connectivity index (χ3v) is 3.22. The molecule has 110 valence electrons. The van der Waals surface area contributed by atoms with Crippen LogP contribution in [-0.4, -0.2) is 34.6 Å². The fourth-order valence-corrected chi connectivity index (χ4v) is 2.16. The molecule has 2 amide bonds. The van der Waals surface area contributed by atoms with Gasteiger partial charge in [0.15, 0.2) is 0 Å². The van der Waals surface area contributed by atoms with Crippen molar-refractivity contribution < 1.29 is 14.7 Å². The number of urea groups is 1. The number of carboxylic acids is 1. The normalized spacial score (nSPS) is 10.6. The Hall–Kier alpha value is -2.56. The third kappa shape index (κ3) is 3.51. The van der Waals surface area contributed by atoms with E-state index in [4.69, 9.17) is 5.11 Å². The summed E-state index contributed by atoms with van der Waals surface area (Å²) in [5, 5.41) is 13.6. The van der Waals surface area contributed by atoms with Crippen molar-refractivity contribution in [2.45, 2.75) is 19.9 Å². The predicted octanol–water partition coefficient (Wildman–Crippen LogP) is 3.17. The number of amides is 2. The quantitative estimate of drug-likeness (QED) is 0.907. The van der Waals surface area contributed by atoms with E-state index in [0.717, 1.165) is 10.8 Å². The van der Waals surface area contributed by atoms with Crippen molar-refractivity contribution in [1.82, 2.24) is 4.90 Å². The maximum Gasteiger partial charge on any atom is 0.323 e. The van der Waals surface area contributed by atoms with Crippen LogP contribution in [0.1, 0.15) is 13.8 Å². The average Bonchev–Trinajstić information content (AvgIpc) is 2.44. The highest BCUT2D eigenvalue weighted by Gasteiger charge is 2.20.